The van der Waals surface area contributed by atoms with Crippen molar-refractivity contribution < 1.29 is 9.18 Å². The van der Waals surface area contributed by atoms with Gasteiger partial charge in [-0.05, 0) is 64.8 Å². The van der Waals surface area contributed by atoms with E-state index in [4.69, 9.17) is 5.73 Å². The number of hydrogen-bond donors (Lipinski definition) is 2. The predicted octanol–water partition coefficient (Wildman–Crippen LogP) is 3.86. The largest absolute Gasteiger partial charge is 0.379 e. The number of primary amides is 1. The fourth-order valence-electron chi connectivity index (χ4n) is 1.85. The molecule has 0 saturated carbocycles. The van der Waals surface area contributed by atoms with Crippen molar-refractivity contribution in [1.82, 2.24) is 0 Å². The van der Waals surface area contributed by atoms with Gasteiger partial charge >= 0.3 is 0 Å². The van der Waals surface area contributed by atoms with E-state index < -0.39 is 5.91 Å². The minimum absolute atomic E-state index is 0.00586. The molecule has 0 heterocycles. The molecule has 5 heteroatoms. The molecular formula is C15H14BrFN2O. The summed E-state index contributed by atoms with van der Waals surface area (Å²) in [6.45, 7) is 1.97. The fourth-order valence-corrected chi connectivity index (χ4v) is 2.24. The lowest BCUT2D eigenvalue weighted by atomic mass is 10.1. The van der Waals surface area contributed by atoms with Crippen molar-refractivity contribution >= 4 is 27.5 Å². The van der Waals surface area contributed by atoms with Gasteiger partial charge in [0.05, 0.1) is 4.47 Å². The van der Waals surface area contributed by atoms with Crippen molar-refractivity contribution in [1.29, 1.82) is 0 Å². The van der Waals surface area contributed by atoms with Gasteiger partial charge in [0.1, 0.15) is 5.82 Å². The molecule has 1 amide bonds. The molecule has 0 aliphatic rings. The summed E-state index contributed by atoms with van der Waals surface area (Å²) in [5.74, 6) is -0.737. The zero-order valence-corrected chi connectivity index (χ0v) is 12.4. The van der Waals surface area contributed by atoms with Gasteiger partial charge in [0, 0.05) is 17.3 Å². The maximum Gasteiger partial charge on any atom is 0.248 e. The zero-order valence-electron chi connectivity index (χ0n) is 10.9. The topological polar surface area (TPSA) is 55.1 Å². The minimum Gasteiger partial charge on any atom is -0.379 e. The molecule has 0 aliphatic heterocycles. The highest BCUT2D eigenvalue weighted by Gasteiger charge is 2.08. The van der Waals surface area contributed by atoms with E-state index in [9.17, 15) is 9.18 Å². The summed E-state index contributed by atoms with van der Waals surface area (Å²) < 4.78 is 13.6. The Morgan fingerprint density at radius 1 is 1.25 bits per heavy atom. The van der Waals surface area contributed by atoms with E-state index in [0.717, 1.165) is 11.3 Å². The first-order valence-electron chi connectivity index (χ1n) is 6.08. The third-order valence-electron chi connectivity index (χ3n) is 3.00. The standard InChI is InChI=1S/C15H14BrFN2O/c1-9(11-4-7-14(17)13(16)8-11)19-12-5-2-10(3-6-12)15(18)20/h2-9,19H,1H3,(H2,18,20). The Hall–Kier alpha value is -1.88. The first kappa shape index (κ1) is 14.5. The summed E-state index contributed by atoms with van der Waals surface area (Å²) in [4.78, 5) is 11.0. The van der Waals surface area contributed by atoms with Crippen molar-refractivity contribution in [3.05, 3.63) is 63.9 Å². The van der Waals surface area contributed by atoms with E-state index in [2.05, 4.69) is 21.2 Å². The van der Waals surface area contributed by atoms with Crippen LogP contribution in [0, 0.1) is 5.82 Å². The second kappa shape index (κ2) is 6.05. The Balaban J connectivity index is 2.12. The number of halogens is 2. The molecule has 3 N–H and O–H groups in total. The second-order valence-corrected chi connectivity index (χ2v) is 5.34. The van der Waals surface area contributed by atoms with Crippen molar-refractivity contribution in [3.63, 3.8) is 0 Å². The lowest BCUT2D eigenvalue weighted by molar-refractivity contribution is 0.100. The Labute approximate surface area is 125 Å². The number of hydrogen-bond acceptors (Lipinski definition) is 2. The van der Waals surface area contributed by atoms with E-state index in [-0.39, 0.29) is 11.9 Å². The quantitative estimate of drug-likeness (QED) is 0.890. The summed E-state index contributed by atoms with van der Waals surface area (Å²) >= 11 is 3.17. The van der Waals surface area contributed by atoms with Gasteiger partial charge in [-0.1, -0.05) is 6.07 Å². The Morgan fingerprint density at radius 2 is 1.90 bits per heavy atom. The van der Waals surface area contributed by atoms with Crippen molar-refractivity contribution in [2.45, 2.75) is 13.0 Å². The van der Waals surface area contributed by atoms with Gasteiger partial charge < -0.3 is 11.1 Å². The molecule has 0 fully saturated rings. The number of amides is 1. The van der Waals surface area contributed by atoms with Gasteiger partial charge in [0.2, 0.25) is 5.91 Å². The Kier molecular flexibility index (Phi) is 4.39. The predicted molar refractivity (Wildman–Crippen MR) is 81.1 cm³/mol. The van der Waals surface area contributed by atoms with Crippen LogP contribution in [0.5, 0.6) is 0 Å². The highest BCUT2D eigenvalue weighted by molar-refractivity contribution is 9.10. The van der Waals surface area contributed by atoms with Crippen molar-refractivity contribution in [2.75, 3.05) is 5.32 Å². The first-order valence-corrected chi connectivity index (χ1v) is 6.88. The van der Waals surface area contributed by atoms with Crippen LogP contribution >= 0.6 is 15.9 Å². The molecule has 0 spiro atoms. The molecule has 20 heavy (non-hydrogen) atoms. The summed E-state index contributed by atoms with van der Waals surface area (Å²) in [5.41, 5.74) is 7.47. The smallest absolute Gasteiger partial charge is 0.248 e. The lowest BCUT2D eigenvalue weighted by Crippen LogP contribution is -2.11. The molecule has 0 aromatic heterocycles. The van der Waals surface area contributed by atoms with Crippen LogP contribution in [0.4, 0.5) is 10.1 Å². The molecule has 0 aliphatic carbocycles. The van der Waals surface area contributed by atoms with Gasteiger partial charge in [-0.15, -0.1) is 0 Å². The number of nitrogens with two attached hydrogens (primary N) is 1. The molecule has 0 radical (unpaired) electrons. The second-order valence-electron chi connectivity index (χ2n) is 4.48. The highest BCUT2D eigenvalue weighted by atomic mass is 79.9. The summed E-state index contributed by atoms with van der Waals surface area (Å²) in [6.07, 6.45) is 0. The molecule has 0 bridgehead atoms. The molecular weight excluding hydrogens is 323 g/mol. The number of benzene rings is 2. The molecule has 104 valence electrons. The zero-order chi connectivity index (χ0) is 14.7. The van der Waals surface area contributed by atoms with E-state index in [1.165, 1.54) is 6.07 Å². The minimum atomic E-state index is -0.452. The molecule has 2 aromatic carbocycles. The van der Waals surface area contributed by atoms with Crippen LogP contribution in [0.3, 0.4) is 0 Å². The SMILES string of the molecule is CC(Nc1ccc(C(N)=O)cc1)c1ccc(F)c(Br)c1. The lowest BCUT2D eigenvalue weighted by Gasteiger charge is -2.16. The van der Waals surface area contributed by atoms with E-state index in [1.54, 1.807) is 36.4 Å². The molecule has 1 atom stereocenters. The number of anilines is 1. The maximum absolute atomic E-state index is 13.2. The van der Waals surface area contributed by atoms with E-state index in [0.29, 0.717) is 10.0 Å². The van der Waals surface area contributed by atoms with E-state index >= 15 is 0 Å². The maximum atomic E-state index is 13.2. The van der Waals surface area contributed by atoms with Crippen LogP contribution in [-0.2, 0) is 0 Å². The number of nitrogens with one attached hydrogen (secondary N) is 1. The van der Waals surface area contributed by atoms with Crippen LogP contribution in [0.25, 0.3) is 0 Å². The average Bonchev–Trinajstić information content (AvgIpc) is 2.42. The van der Waals surface area contributed by atoms with Gasteiger partial charge in [-0.25, -0.2) is 4.39 Å². The normalized spacial score (nSPS) is 11.9. The molecule has 2 rings (SSSR count). The van der Waals surface area contributed by atoms with Gasteiger partial charge in [-0.2, -0.15) is 0 Å². The monoisotopic (exact) mass is 336 g/mol. The molecule has 3 nitrogen and oxygen atoms in total. The molecule has 2 aromatic rings. The summed E-state index contributed by atoms with van der Waals surface area (Å²) in [7, 11) is 0. The van der Waals surface area contributed by atoms with Crippen LogP contribution in [0.15, 0.2) is 46.9 Å². The Morgan fingerprint density at radius 3 is 2.45 bits per heavy atom. The van der Waals surface area contributed by atoms with Crippen molar-refractivity contribution in [3.8, 4) is 0 Å². The number of carbonyl (C=O) groups excluding carboxylic acids is 1. The molecule has 1 unspecified atom stereocenters. The third-order valence-corrected chi connectivity index (χ3v) is 3.60. The number of carbonyl (C=O) groups is 1. The average molecular weight is 337 g/mol. The van der Waals surface area contributed by atoms with Crippen LogP contribution < -0.4 is 11.1 Å². The van der Waals surface area contributed by atoms with Crippen molar-refractivity contribution in [2.24, 2.45) is 5.73 Å². The molecule has 0 saturated heterocycles. The van der Waals surface area contributed by atoms with Crippen LogP contribution in [0.2, 0.25) is 0 Å². The summed E-state index contributed by atoms with van der Waals surface area (Å²) in [5, 5.41) is 3.28. The summed E-state index contributed by atoms with van der Waals surface area (Å²) in [6, 6.07) is 11.8. The van der Waals surface area contributed by atoms with Gasteiger partial charge in [0.15, 0.2) is 0 Å². The van der Waals surface area contributed by atoms with Crippen LogP contribution in [-0.4, -0.2) is 5.91 Å². The first-order chi connectivity index (χ1) is 9.47. The van der Waals surface area contributed by atoms with E-state index in [1.807, 2.05) is 6.92 Å². The van der Waals surface area contributed by atoms with Gasteiger partial charge in [-0.3, -0.25) is 4.79 Å². The highest BCUT2D eigenvalue weighted by Crippen LogP contribution is 2.24. The Bertz CT molecular complexity index is 628. The van der Waals surface area contributed by atoms with Gasteiger partial charge in [0.25, 0.3) is 0 Å². The fraction of sp³-hybridized carbons (Fsp3) is 0.133. The number of rotatable bonds is 4. The third kappa shape index (κ3) is 3.36. The van der Waals surface area contributed by atoms with Crippen LogP contribution in [0.1, 0.15) is 28.9 Å².